The van der Waals surface area contributed by atoms with Crippen LogP contribution in [-0.2, 0) is 4.79 Å². The molecule has 0 unspecified atom stereocenters. The van der Waals surface area contributed by atoms with Crippen molar-refractivity contribution in [2.24, 2.45) is 0 Å². The molecule has 27 heavy (non-hydrogen) atoms. The molecule has 0 atom stereocenters. The van der Waals surface area contributed by atoms with Crippen molar-refractivity contribution < 1.29 is 14.0 Å². The van der Waals surface area contributed by atoms with Crippen LogP contribution in [0.2, 0.25) is 0 Å². The molecular formula is C18H15FN4O2S2. The number of anilines is 3. The molecule has 1 heterocycles. The Bertz CT molecular complexity index is 960. The number of para-hydroxylation sites is 1. The lowest BCUT2D eigenvalue weighted by molar-refractivity contribution is -0.113. The van der Waals surface area contributed by atoms with Gasteiger partial charge in [0, 0.05) is 11.3 Å². The first-order valence-electron chi connectivity index (χ1n) is 7.90. The molecule has 6 nitrogen and oxygen atoms in total. The van der Waals surface area contributed by atoms with Crippen molar-refractivity contribution in [3.8, 4) is 0 Å². The molecule has 0 saturated carbocycles. The highest BCUT2D eigenvalue weighted by atomic mass is 32.2. The van der Waals surface area contributed by atoms with E-state index in [1.807, 2.05) is 0 Å². The van der Waals surface area contributed by atoms with E-state index in [1.54, 1.807) is 42.5 Å². The summed E-state index contributed by atoms with van der Waals surface area (Å²) in [6.45, 7) is 1.49. The van der Waals surface area contributed by atoms with Crippen molar-refractivity contribution in [3.63, 3.8) is 0 Å². The molecule has 0 radical (unpaired) electrons. The maximum absolute atomic E-state index is 13.6. The molecule has 3 rings (SSSR count). The van der Waals surface area contributed by atoms with Gasteiger partial charge in [-0.25, -0.2) is 4.39 Å². The number of amides is 1. The third-order valence-electron chi connectivity index (χ3n) is 3.42. The lowest BCUT2D eigenvalue weighted by atomic mass is 10.1. The second-order valence-electron chi connectivity index (χ2n) is 5.45. The Hall–Kier alpha value is -2.78. The molecule has 0 bridgehead atoms. The van der Waals surface area contributed by atoms with Crippen LogP contribution in [0.4, 0.5) is 20.9 Å². The Morgan fingerprint density at radius 3 is 2.56 bits per heavy atom. The Labute approximate surface area is 163 Å². The van der Waals surface area contributed by atoms with Gasteiger partial charge in [0.25, 0.3) is 0 Å². The molecule has 1 amide bonds. The fourth-order valence-electron chi connectivity index (χ4n) is 2.11. The van der Waals surface area contributed by atoms with E-state index in [0.717, 1.165) is 0 Å². The summed E-state index contributed by atoms with van der Waals surface area (Å²) in [6, 6.07) is 13.0. The maximum Gasteiger partial charge on any atom is 0.234 e. The summed E-state index contributed by atoms with van der Waals surface area (Å²) >= 11 is 2.47. The van der Waals surface area contributed by atoms with Crippen LogP contribution in [0.5, 0.6) is 0 Å². The summed E-state index contributed by atoms with van der Waals surface area (Å²) in [4.78, 5) is 23.3. The molecule has 2 aromatic carbocycles. The number of thioether (sulfide) groups is 1. The fourth-order valence-corrected chi connectivity index (χ4v) is 3.67. The van der Waals surface area contributed by atoms with Gasteiger partial charge in [-0.2, -0.15) is 0 Å². The number of carbonyl (C=O) groups excluding carboxylic acids is 2. The van der Waals surface area contributed by atoms with Gasteiger partial charge in [-0.3, -0.25) is 9.59 Å². The van der Waals surface area contributed by atoms with Crippen LogP contribution in [0.3, 0.4) is 0 Å². The van der Waals surface area contributed by atoms with Crippen molar-refractivity contribution in [3.05, 3.63) is 59.9 Å². The van der Waals surface area contributed by atoms with E-state index in [2.05, 4.69) is 20.8 Å². The van der Waals surface area contributed by atoms with Gasteiger partial charge in [0.1, 0.15) is 5.82 Å². The van der Waals surface area contributed by atoms with E-state index in [0.29, 0.717) is 26.4 Å². The average molecular weight is 402 g/mol. The highest BCUT2D eigenvalue weighted by Gasteiger charge is 2.10. The molecule has 9 heteroatoms. The minimum atomic E-state index is -0.378. The summed E-state index contributed by atoms with van der Waals surface area (Å²) in [7, 11) is 0. The van der Waals surface area contributed by atoms with Crippen molar-refractivity contribution in [1.82, 2.24) is 10.2 Å². The zero-order chi connectivity index (χ0) is 19.2. The van der Waals surface area contributed by atoms with Crippen LogP contribution in [0.25, 0.3) is 0 Å². The van der Waals surface area contributed by atoms with Gasteiger partial charge in [-0.05, 0) is 43.3 Å². The van der Waals surface area contributed by atoms with E-state index in [1.165, 1.54) is 36.1 Å². The molecule has 138 valence electrons. The van der Waals surface area contributed by atoms with Gasteiger partial charge in [0.05, 0.1) is 11.4 Å². The fraction of sp³-hybridized carbons (Fsp3) is 0.111. The standard InChI is InChI=1S/C18H15FN4O2S2/c1-11(24)12-6-8-13(9-7-12)20-16(25)10-26-18-23-22-17(27-18)21-15-5-3-2-4-14(15)19/h2-9H,10H2,1H3,(H,20,25)(H,21,22). The van der Waals surface area contributed by atoms with Crippen LogP contribution < -0.4 is 10.6 Å². The Kier molecular flexibility index (Phi) is 6.15. The first-order chi connectivity index (χ1) is 13.0. The monoisotopic (exact) mass is 402 g/mol. The summed E-state index contributed by atoms with van der Waals surface area (Å²) in [5.41, 5.74) is 1.52. The number of halogens is 1. The highest BCUT2D eigenvalue weighted by Crippen LogP contribution is 2.28. The Balaban J connectivity index is 1.51. The lowest BCUT2D eigenvalue weighted by Gasteiger charge is -2.04. The number of ketones is 1. The van der Waals surface area contributed by atoms with Crippen molar-refractivity contribution >= 4 is 51.3 Å². The van der Waals surface area contributed by atoms with E-state index in [9.17, 15) is 14.0 Å². The van der Waals surface area contributed by atoms with Crippen LogP contribution >= 0.6 is 23.1 Å². The van der Waals surface area contributed by atoms with Gasteiger partial charge in [-0.1, -0.05) is 35.2 Å². The second-order valence-corrected chi connectivity index (χ2v) is 7.65. The van der Waals surface area contributed by atoms with Gasteiger partial charge in [0.2, 0.25) is 11.0 Å². The molecule has 0 saturated heterocycles. The van der Waals surface area contributed by atoms with Crippen LogP contribution in [0, 0.1) is 5.82 Å². The summed E-state index contributed by atoms with van der Waals surface area (Å²) in [6.07, 6.45) is 0. The molecule has 2 N–H and O–H groups in total. The number of benzene rings is 2. The summed E-state index contributed by atoms with van der Waals surface area (Å²) in [5, 5.41) is 14.0. The van der Waals surface area contributed by atoms with E-state index in [4.69, 9.17) is 0 Å². The highest BCUT2D eigenvalue weighted by molar-refractivity contribution is 8.01. The number of nitrogens with one attached hydrogen (secondary N) is 2. The van der Waals surface area contributed by atoms with Gasteiger partial charge < -0.3 is 10.6 Å². The van der Waals surface area contributed by atoms with E-state index < -0.39 is 0 Å². The van der Waals surface area contributed by atoms with Crippen LogP contribution in [0.1, 0.15) is 17.3 Å². The first-order valence-corrected chi connectivity index (χ1v) is 9.70. The van der Waals surface area contributed by atoms with Crippen LogP contribution in [0.15, 0.2) is 52.9 Å². The molecule has 0 aliphatic heterocycles. The van der Waals surface area contributed by atoms with Crippen molar-refractivity contribution in [2.45, 2.75) is 11.3 Å². The number of hydrogen-bond acceptors (Lipinski definition) is 7. The predicted octanol–water partition coefficient (Wildman–Crippen LogP) is 4.35. The molecular weight excluding hydrogens is 387 g/mol. The van der Waals surface area contributed by atoms with Gasteiger partial charge in [-0.15, -0.1) is 10.2 Å². The smallest absolute Gasteiger partial charge is 0.234 e. The number of rotatable bonds is 7. The van der Waals surface area contributed by atoms with Gasteiger partial charge in [0.15, 0.2) is 10.1 Å². The number of carbonyl (C=O) groups is 2. The topological polar surface area (TPSA) is 84.0 Å². The largest absolute Gasteiger partial charge is 0.328 e. The van der Waals surface area contributed by atoms with Gasteiger partial charge >= 0.3 is 0 Å². The summed E-state index contributed by atoms with van der Waals surface area (Å²) < 4.78 is 14.2. The second kappa shape index (κ2) is 8.74. The average Bonchev–Trinajstić information content (AvgIpc) is 3.10. The zero-order valence-corrected chi connectivity index (χ0v) is 15.9. The predicted molar refractivity (Wildman–Crippen MR) is 105 cm³/mol. The van der Waals surface area contributed by atoms with E-state index in [-0.39, 0.29) is 23.3 Å². The number of Topliss-reactive ketones (excluding diaryl/α,β-unsaturated/α-hetero) is 1. The third kappa shape index (κ3) is 5.35. The Morgan fingerprint density at radius 2 is 1.85 bits per heavy atom. The molecule has 3 aromatic rings. The minimum Gasteiger partial charge on any atom is -0.328 e. The number of aromatic nitrogens is 2. The maximum atomic E-state index is 13.6. The third-order valence-corrected chi connectivity index (χ3v) is 5.40. The number of nitrogens with zero attached hydrogens (tertiary/aromatic N) is 2. The zero-order valence-electron chi connectivity index (χ0n) is 14.2. The summed E-state index contributed by atoms with van der Waals surface area (Å²) in [5.74, 6) is -0.450. The molecule has 0 fully saturated rings. The quantitative estimate of drug-likeness (QED) is 0.451. The van der Waals surface area contributed by atoms with Crippen LogP contribution in [-0.4, -0.2) is 27.6 Å². The first kappa shape index (κ1) is 19.0. The molecule has 0 spiro atoms. The van der Waals surface area contributed by atoms with Crippen molar-refractivity contribution in [2.75, 3.05) is 16.4 Å². The molecule has 1 aromatic heterocycles. The molecule has 0 aliphatic rings. The Morgan fingerprint density at radius 1 is 1.11 bits per heavy atom. The lowest BCUT2D eigenvalue weighted by Crippen LogP contribution is -2.14. The number of hydrogen-bond donors (Lipinski definition) is 2. The van der Waals surface area contributed by atoms with Crippen molar-refractivity contribution in [1.29, 1.82) is 0 Å². The molecule has 0 aliphatic carbocycles. The van der Waals surface area contributed by atoms with E-state index >= 15 is 0 Å². The minimum absolute atomic E-state index is 0.0282. The normalized spacial score (nSPS) is 10.4. The SMILES string of the molecule is CC(=O)c1ccc(NC(=O)CSc2nnc(Nc3ccccc3F)s2)cc1.